The SMILES string of the molecule is COc1cc(/C=N/NC(=O)c2ccncc2)ccc1OCc1ccc(C)cc1. The van der Waals surface area contributed by atoms with Gasteiger partial charge in [-0.2, -0.15) is 5.10 Å². The van der Waals surface area contributed by atoms with E-state index >= 15 is 0 Å². The van der Waals surface area contributed by atoms with E-state index in [0.717, 1.165) is 11.1 Å². The highest BCUT2D eigenvalue weighted by Crippen LogP contribution is 2.28. The number of pyridine rings is 1. The van der Waals surface area contributed by atoms with Gasteiger partial charge in [-0.25, -0.2) is 5.43 Å². The Kier molecular flexibility index (Phi) is 6.36. The van der Waals surface area contributed by atoms with Crippen LogP contribution in [0.3, 0.4) is 0 Å². The Morgan fingerprint density at radius 3 is 2.54 bits per heavy atom. The lowest BCUT2D eigenvalue weighted by atomic mass is 10.2. The van der Waals surface area contributed by atoms with E-state index in [4.69, 9.17) is 9.47 Å². The third-order valence-electron chi connectivity index (χ3n) is 4.02. The number of hydrogen-bond donors (Lipinski definition) is 1. The summed E-state index contributed by atoms with van der Waals surface area (Å²) in [5.74, 6) is 0.932. The Morgan fingerprint density at radius 2 is 1.82 bits per heavy atom. The fraction of sp³-hybridized carbons (Fsp3) is 0.136. The van der Waals surface area contributed by atoms with E-state index in [9.17, 15) is 4.79 Å². The molecule has 3 rings (SSSR count). The van der Waals surface area contributed by atoms with Crippen LogP contribution in [0.5, 0.6) is 11.5 Å². The van der Waals surface area contributed by atoms with E-state index < -0.39 is 0 Å². The highest BCUT2D eigenvalue weighted by atomic mass is 16.5. The van der Waals surface area contributed by atoms with Crippen molar-refractivity contribution in [1.29, 1.82) is 0 Å². The van der Waals surface area contributed by atoms with Gasteiger partial charge in [0, 0.05) is 18.0 Å². The van der Waals surface area contributed by atoms with Crippen molar-refractivity contribution in [3.8, 4) is 11.5 Å². The first kappa shape index (κ1) is 19.1. The summed E-state index contributed by atoms with van der Waals surface area (Å²) in [5.41, 5.74) is 6.03. The second kappa shape index (κ2) is 9.32. The Bertz CT molecular complexity index is 955. The van der Waals surface area contributed by atoms with Crippen LogP contribution in [0.25, 0.3) is 0 Å². The molecule has 1 aromatic heterocycles. The molecular weight excluding hydrogens is 354 g/mol. The van der Waals surface area contributed by atoms with E-state index in [1.807, 2.05) is 31.2 Å². The van der Waals surface area contributed by atoms with Gasteiger partial charge in [0.2, 0.25) is 0 Å². The maximum Gasteiger partial charge on any atom is 0.271 e. The number of aryl methyl sites for hydroxylation is 1. The smallest absolute Gasteiger partial charge is 0.271 e. The zero-order valence-corrected chi connectivity index (χ0v) is 15.8. The number of methoxy groups -OCH3 is 1. The van der Waals surface area contributed by atoms with Crippen molar-refractivity contribution in [3.05, 3.63) is 89.2 Å². The monoisotopic (exact) mass is 375 g/mol. The lowest BCUT2D eigenvalue weighted by Gasteiger charge is -2.11. The molecule has 2 aromatic carbocycles. The number of carbonyl (C=O) groups is 1. The lowest BCUT2D eigenvalue weighted by molar-refractivity contribution is 0.0955. The summed E-state index contributed by atoms with van der Waals surface area (Å²) in [6, 6.07) is 16.9. The first-order valence-electron chi connectivity index (χ1n) is 8.75. The third kappa shape index (κ3) is 5.17. The number of benzene rings is 2. The normalized spacial score (nSPS) is 10.6. The van der Waals surface area contributed by atoms with Crippen LogP contribution < -0.4 is 14.9 Å². The van der Waals surface area contributed by atoms with Crippen molar-refractivity contribution >= 4 is 12.1 Å². The zero-order valence-electron chi connectivity index (χ0n) is 15.8. The number of nitrogens with one attached hydrogen (secondary N) is 1. The molecule has 0 aliphatic carbocycles. The standard InChI is InChI=1S/C22H21N3O3/c1-16-3-5-17(6-4-16)15-28-20-8-7-18(13-21(20)27-2)14-24-25-22(26)19-9-11-23-12-10-19/h3-14H,15H2,1-2H3,(H,25,26)/b24-14+. The van der Waals surface area contributed by atoms with Crippen molar-refractivity contribution in [2.45, 2.75) is 13.5 Å². The summed E-state index contributed by atoms with van der Waals surface area (Å²) in [6.07, 6.45) is 4.66. The molecule has 1 N–H and O–H groups in total. The van der Waals surface area contributed by atoms with Crippen LogP contribution in [0.2, 0.25) is 0 Å². The van der Waals surface area contributed by atoms with E-state index in [-0.39, 0.29) is 5.91 Å². The molecule has 28 heavy (non-hydrogen) atoms. The third-order valence-corrected chi connectivity index (χ3v) is 4.02. The maximum atomic E-state index is 12.0. The largest absolute Gasteiger partial charge is 0.493 e. The average molecular weight is 375 g/mol. The summed E-state index contributed by atoms with van der Waals surface area (Å²) < 4.78 is 11.3. The Morgan fingerprint density at radius 1 is 1.07 bits per heavy atom. The molecule has 1 heterocycles. The van der Waals surface area contributed by atoms with E-state index in [2.05, 4.69) is 27.6 Å². The predicted octanol–water partition coefficient (Wildman–Crippen LogP) is 3.74. The van der Waals surface area contributed by atoms with Gasteiger partial charge < -0.3 is 9.47 Å². The minimum Gasteiger partial charge on any atom is -0.493 e. The van der Waals surface area contributed by atoms with Crippen LogP contribution in [0.15, 0.2) is 72.1 Å². The highest BCUT2D eigenvalue weighted by molar-refractivity contribution is 5.94. The zero-order chi connectivity index (χ0) is 19.8. The van der Waals surface area contributed by atoms with Gasteiger partial charge in [0.15, 0.2) is 11.5 Å². The van der Waals surface area contributed by atoms with Gasteiger partial charge in [0.05, 0.1) is 13.3 Å². The molecule has 0 atom stereocenters. The Labute approximate surface area is 163 Å². The molecule has 3 aromatic rings. The van der Waals surface area contributed by atoms with Crippen molar-refractivity contribution in [2.24, 2.45) is 5.10 Å². The fourth-order valence-electron chi connectivity index (χ4n) is 2.46. The number of hydrazone groups is 1. The molecule has 0 fully saturated rings. The average Bonchev–Trinajstić information content (AvgIpc) is 2.74. The lowest BCUT2D eigenvalue weighted by Crippen LogP contribution is -2.17. The van der Waals surface area contributed by atoms with Crippen molar-refractivity contribution in [1.82, 2.24) is 10.4 Å². The molecular formula is C22H21N3O3. The summed E-state index contributed by atoms with van der Waals surface area (Å²) in [7, 11) is 1.58. The predicted molar refractivity (Wildman–Crippen MR) is 108 cm³/mol. The summed E-state index contributed by atoms with van der Waals surface area (Å²) >= 11 is 0. The second-order valence-electron chi connectivity index (χ2n) is 6.12. The molecule has 0 saturated carbocycles. The van der Waals surface area contributed by atoms with Gasteiger partial charge in [-0.15, -0.1) is 0 Å². The minimum absolute atomic E-state index is 0.302. The Hall–Kier alpha value is -3.67. The molecule has 0 saturated heterocycles. The molecule has 0 aliphatic heterocycles. The van der Waals surface area contributed by atoms with E-state index in [1.165, 1.54) is 5.56 Å². The first-order chi connectivity index (χ1) is 13.7. The van der Waals surface area contributed by atoms with Gasteiger partial charge in [0.25, 0.3) is 5.91 Å². The number of hydrogen-bond acceptors (Lipinski definition) is 5. The Balaban J connectivity index is 1.62. The molecule has 0 unspecified atom stereocenters. The van der Waals surface area contributed by atoms with E-state index in [0.29, 0.717) is 23.7 Å². The number of carbonyl (C=O) groups excluding carboxylic acids is 1. The van der Waals surface area contributed by atoms with Gasteiger partial charge in [-0.05, 0) is 48.4 Å². The molecule has 0 spiro atoms. The highest BCUT2D eigenvalue weighted by Gasteiger charge is 2.06. The first-order valence-corrected chi connectivity index (χ1v) is 8.75. The molecule has 0 radical (unpaired) electrons. The summed E-state index contributed by atoms with van der Waals surface area (Å²) in [6.45, 7) is 2.50. The molecule has 1 amide bonds. The number of aromatic nitrogens is 1. The van der Waals surface area contributed by atoms with Crippen molar-refractivity contribution in [2.75, 3.05) is 7.11 Å². The summed E-state index contributed by atoms with van der Waals surface area (Å²) in [4.78, 5) is 15.8. The van der Waals surface area contributed by atoms with Crippen molar-refractivity contribution < 1.29 is 14.3 Å². The number of ether oxygens (including phenoxy) is 2. The van der Waals surface area contributed by atoms with Crippen LogP contribution in [0.4, 0.5) is 0 Å². The molecule has 0 bridgehead atoms. The molecule has 6 nitrogen and oxygen atoms in total. The maximum absolute atomic E-state index is 12.0. The minimum atomic E-state index is -0.302. The summed E-state index contributed by atoms with van der Waals surface area (Å²) in [5, 5.41) is 3.98. The number of rotatable bonds is 7. The molecule has 142 valence electrons. The van der Waals surface area contributed by atoms with Gasteiger partial charge in [-0.1, -0.05) is 29.8 Å². The van der Waals surface area contributed by atoms with Gasteiger partial charge >= 0.3 is 0 Å². The fourth-order valence-corrected chi connectivity index (χ4v) is 2.46. The molecule has 0 aliphatic rings. The van der Waals surface area contributed by atoms with Crippen LogP contribution in [-0.2, 0) is 6.61 Å². The van der Waals surface area contributed by atoms with Gasteiger partial charge in [0.1, 0.15) is 6.61 Å². The van der Waals surface area contributed by atoms with Crippen LogP contribution >= 0.6 is 0 Å². The van der Waals surface area contributed by atoms with Crippen LogP contribution in [0.1, 0.15) is 27.0 Å². The quantitative estimate of drug-likeness (QED) is 0.504. The second-order valence-corrected chi connectivity index (χ2v) is 6.12. The number of amides is 1. The van der Waals surface area contributed by atoms with Crippen LogP contribution in [0, 0.1) is 6.92 Å². The van der Waals surface area contributed by atoms with E-state index in [1.54, 1.807) is 43.9 Å². The topological polar surface area (TPSA) is 72.8 Å². The number of nitrogens with zero attached hydrogens (tertiary/aromatic N) is 2. The van der Waals surface area contributed by atoms with Crippen LogP contribution in [-0.4, -0.2) is 24.2 Å². The van der Waals surface area contributed by atoms with Crippen molar-refractivity contribution in [3.63, 3.8) is 0 Å². The molecule has 6 heteroatoms. The van der Waals surface area contributed by atoms with Gasteiger partial charge in [-0.3, -0.25) is 9.78 Å².